The molecule has 0 unspecified atom stereocenters. The van der Waals surface area contributed by atoms with Crippen LogP contribution in [0.1, 0.15) is 58.3 Å². The Hall–Kier alpha value is -2.17. The van der Waals surface area contributed by atoms with Crippen LogP contribution in [0.3, 0.4) is 0 Å². The van der Waals surface area contributed by atoms with Crippen molar-refractivity contribution in [3.8, 4) is 5.75 Å². The van der Waals surface area contributed by atoms with Crippen molar-refractivity contribution in [2.45, 2.75) is 58.3 Å². The van der Waals surface area contributed by atoms with Crippen LogP contribution in [0, 0.1) is 0 Å². The van der Waals surface area contributed by atoms with Crippen molar-refractivity contribution < 1.29 is 13.9 Å². The van der Waals surface area contributed by atoms with Gasteiger partial charge in [-0.3, -0.25) is 4.79 Å². The number of carbonyl (C=O) groups is 1. The number of rotatable bonds is 9. The maximum Gasteiger partial charge on any atom is 0.346 e. The van der Waals surface area contributed by atoms with Gasteiger partial charge in [0.25, 0.3) is 0 Å². The van der Waals surface area contributed by atoms with Gasteiger partial charge in [0.2, 0.25) is 0 Å². The van der Waals surface area contributed by atoms with Crippen LogP contribution in [0.5, 0.6) is 5.75 Å². The molecule has 1 aromatic heterocycles. The summed E-state index contributed by atoms with van der Waals surface area (Å²) in [4.78, 5) is 27.4. The molecular weight excluding hydrogens is 294 g/mol. The lowest BCUT2D eigenvalue weighted by atomic mass is 10.1. The lowest BCUT2D eigenvalue weighted by Gasteiger charge is -2.05. The molecule has 0 radical (unpaired) electrons. The number of benzene rings is 1. The van der Waals surface area contributed by atoms with E-state index in [0.717, 1.165) is 25.7 Å². The minimum atomic E-state index is -0.486. The molecule has 1 aromatic carbocycles. The van der Waals surface area contributed by atoms with E-state index in [1.165, 1.54) is 31.7 Å². The Balaban J connectivity index is 1.77. The number of aromatic nitrogens is 1. The van der Waals surface area contributed by atoms with E-state index in [-0.39, 0.29) is 5.97 Å². The summed E-state index contributed by atoms with van der Waals surface area (Å²) in [6.45, 7) is 2.20. The Bertz CT molecular complexity index is 693. The van der Waals surface area contributed by atoms with Gasteiger partial charge in [0.1, 0.15) is 5.75 Å². The summed E-state index contributed by atoms with van der Waals surface area (Å²) in [7, 11) is 0. The zero-order valence-electron chi connectivity index (χ0n) is 13.5. The lowest BCUT2D eigenvalue weighted by Crippen LogP contribution is -2.08. The number of fused-ring (bicyclic) bond motifs is 1. The molecule has 0 fully saturated rings. The molecule has 5 heteroatoms. The zero-order chi connectivity index (χ0) is 16.5. The number of hydrogen-bond acceptors (Lipinski definition) is 5. The molecule has 5 nitrogen and oxygen atoms in total. The Kier molecular flexibility index (Phi) is 6.78. The standard InChI is InChI=1S/C18H23NO4/c1-2-3-4-5-6-7-8-9-17(20)23-14-10-11-16-15(12-14)18(21)22-13-19-16/h10-13H,2-9H2,1H3. The van der Waals surface area contributed by atoms with E-state index in [4.69, 9.17) is 9.15 Å². The summed E-state index contributed by atoms with van der Waals surface area (Å²) in [5.41, 5.74) is 0.0353. The van der Waals surface area contributed by atoms with E-state index >= 15 is 0 Å². The second-order valence-electron chi connectivity index (χ2n) is 5.66. The Morgan fingerprint density at radius 1 is 1.13 bits per heavy atom. The highest BCUT2D eigenvalue weighted by molar-refractivity contribution is 5.80. The van der Waals surface area contributed by atoms with E-state index in [2.05, 4.69) is 11.9 Å². The first-order valence-electron chi connectivity index (χ1n) is 8.29. The Morgan fingerprint density at radius 2 is 1.87 bits per heavy atom. The van der Waals surface area contributed by atoms with Crippen molar-refractivity contribution in [2.24, 2.45) is 0 Å². The first-order valence-corrected chi connectivity index (χ1v) is 8.29. The van der Waals surface area contributed by atoms with Crippen LogP contribution >= 0.6 is 0 Å². The Morgan fingerprint density at radius 3 is 2.65 bits per heavy atom. The van der Waals surface area contributed by atoms with E-state index in [1.54, 1.807) is 12.1 Å². The molecule has 1 heterocycles. The first-order chi connectivity index (χ1) is 11.2. The monoisotopic (exact) mass is 317 g/mol. The topological polar surface area (TPSA) is 69.4 Å². The molecular formula is C18H23NO4. The maximum atomic E-state index is 11.8. The number of esters is 1. The highest BCUT2D eigenvalue weighted by atomic mass is 16.5. The Labute approximate surface area is 135 Å². The fourth-order valence-corrected chi connectivity index (χ4v) is 2.46. The molecule has 0 amide bonds. The van der Waals surface area contributed by atoms with Crippen LogP contribution in [0.15, 0.2) is 33.8 Å². The van der Waals surface area contributed by atoms with Crippen molar-refractivity contribution >= 4 is 16.9 Å². The molecule has 0 saturated carbocycles. The van der Waals surface area contributed by atoms with Crippen molar-refractivity contribution in [1.29, 1.82) is 0 Å². The van der Waals surface area contributed by atoms with Gasteiger partial charge in [-0.2, -0.15) is 0 Å². The van der Waals surface area contributed by atoms with Gasteiger partial charge in [0, 0.05) is 6.42 Å². The molecule has 2 aromatic rings. The smallest absolute Gasteiger partial charge is 0.346 e. The van der Waals surface area contributed by atoms with Crippen molar-refractivity contribution in [1.82, 2.24) is 4.98 Å². The molecule has 0 N–H and O–H groups in total. The highest BCUT2D eigenvalue weighted by Crippen LogP contribution is 2.17. The third kappa shape index (κ3) is 5.51. The molecule has 0 spiro atoms. The molecule has 124 valence electrons. The van der Waals surface area contributed by atoms with Gasteiger partial charge in [-0.05, 0) is 24.6 Å². The number of unbranched alkanes of at least 4 members (excludes halogenated alkanes) is 6. The second kappa shape index (κ2) is 9.08. The minimum absolute atomic E-state index is 0.272. The van der Waals surface area contributed by atoms with Gasteiger partial charge >= 0.3 is 11.6 Å². The second-order valence-corrected chi connectivity index (χ2v) is 5.66. The SMILES string of the molecule is CCCCCCCCCC(=O)Oc1ccc2ncoc(=O)c2c1. The molecule has 0 saturated heterocycles. The van der Waals surface area contributed by atoms with Crippen LogP contribution in [0.2, 0.25) is 0 Å². The summed E-state index contributed by atoms with van der Waals surface area (Å²) < 4.78 is 9.99. The van der Waals surface area contributed by atoms with E-state index in [9.17, 15) is 9.59 Å². The minimum Gasteiger partial charge on any atom is -0.427 e. The van der Waals surface area contributed by atoms with Gasteiger partial charge in [-0.15, -0.1) is 0 Å². The summed E-state index contributed by atoms with van der Waals surface area (Å²) in [6, 6.07) is 4.77. The van der Waals surface area contributed by atoms with Gasteiger partial charge in [-0.25, -0.2) is 9.78 Å². The lowest BCUT2D eigenvalue weighted by molar-refractivity contribution is -0.134. The van der Waals surface area contributed by atoms with Gasteiger partial charge in [-0.1, -0.05) is 45.4 Å². The van der Waals surface area contributed by atoms with Gasteiger partial charge in [0.05, 0.1) is 10.9 Å². The maximum absolute atomic E-state index is 11.8. The highest BCUT2D eigenvalue weighted by Gasteiger charge is 2.08. The summed E-state index contributed by atoms with van der Waals surface area (Å²) in [5, 5.41) is 0.314. The summed E-state index contributed by atoms with van der Waals surface area (Å²) >= 11 is 0. The molecule has 0 aliphatic rings. The van der Waals surface area contributed by atoms with E-state index in [0.29, 0.717) is 23.1 Å². The van der Waals surface area contributed by atoms with E-state index < -0.39 is 5.63 Å². The predicted molar refractivity (Wildman–Crippen MR) is 88.5 cm³/mol. The van der Waals surface area contributed by atoms with Gasteiger partial charge in [0.15, 0.2) is 6.39 Å². The molecule has 0 bridgehead atoms. The molecule has 23 heavy (non-hydrogen) atoms. The largest absolute Gasteiger partial charge is 0.427 e. The summed E-state index contributed by atoms with van der Waals surface area (Å²) in [5.74, 6) is 0.0805. The fourth-order valence-electron chi connectivity index (χ4n) is 2.46. The number of hydrogen-bond donors (Lipinski definition) is 0. The number of nitrogens with zero attached hydrogens (tertiary/aromatic N) is 1. The van der Waals surface area contributed by atoms with Gasteiger partial charge < -0.3 is 9.15 Å². The quantitative estimate of drug-likeness (QED) is 0.393. The molecule has 0 aliphatic heterocycles. The fraction of sp³-hybridized carbons (Fsp3) is 0.500. The van der Waals surface area contributed by atoms with Crippen LogP contribution in [0.4, 0.5) is 0 Å². The zero-order valence-corrected chi connectivity index (χ0v) is 13.5. The van der Waals surface area contributed by atoms with Crippen LogP contribution in [0.25, 0.3) is 10.9 Å². The number of carbonyl (C=O) groups excluding carboxylic acids is 1. The average molecular weight is 317 g/mol. The van der Waals surface area contributed by atoms with Crippen LogP contribution in [-0.2, 0) is 4.79 Å². The van der Waals surface area contributed by atoms with Crippen molar-refractivity contribution in [3.05, 3.63) is 35.0 Å². The van der Waals surface area contributed by atoms with Crippen LogP contribution in [-0.4, -0.2) is 11.0 Å². The predicted octanol–water partition coefficient (Wildman–Crippen LogP) is 4.23. The molecule has 0 aliphatic carbocycles. The van der Waals surface area contributed by atoms with Crippen molar-refractivity contribution in [3.63, 3.8) is 0 Å². The van der Waals surface area contributed by atoms with Crippen molar-refractivity contribution in [2.75, 3.05) is 0 Å². The van der Waals surface area contributed by atoms with E-state index in [1.807, 2.05) is 0 Å². The normalized spacial score (nSPS) is 10.8. The average Bonchev–Trinajstić information content (AvgIpc) is 2.55. The first kappa shape index (κ1) is 17.2. The summed E-state index contributed by atoms with van der Waals surface area (Å²) in [6.07, 6.45) is 9.58. The van der Waals surface area contributed by atoms with Crippen LogP contribution < -0.4 is 10.4 Å². The third-order valence-electron chi connectivity index (χ3n) is 3.76. The molecule has 0 atom stereocenters. The number of ether oxygens (including phenoxy) is 1. The molecule has 2 rings (SSSR count). The third-order valence-corrected chi connectivity index (χ3v) is 3.76.